The first kappa shape index (κ1) is 21.0. The number of nitrogens with zero attached hydrogens (tertiary/aromatic N) is 1. The van der Waals surface area contributed by atoms with Gasteiger partial charge in [0.15, 0.2) is 0 Å². The number of thioether (sulfide) groups is 1. The van der Waals surface area contributed by atoms with Gasteiger partial charge in [0.2, 0.25) is 5.91 Å². The van der Waals surface area contributed by atoms with Crippen LogP contribution in [0.4, 0.5) is 0 Å². The molecule has 0 fully saturated rings. The second kappa shape index (κ2) is 9.55. The van der Waals surface area contributed by atoms with Crippen LogP contribution in [0.3, 0.4) is 0 Å². The van der Waals surface area contributed by atoms with Gasteiger partial charge in [-0.3, -0.25) is 9.59 Å². The molecule has 0 aliphatic carbocycles. The molecule has 0 radical (unpaired) electrons. The summed E-state index contributed by atoms with van der Waals surface area (Å²) in [6, 6.07) is 0.202. The Morgan fingerprint density at radius 3 is 2.69 bits per heavy atom. The number of fused-ring (bicyclic) bond motifs is 1. The van der Waals surface area contributed by atoms with E-state index >= 15 is 0 Å². The number of aryl methyl sites for hydroxylation is 2. The highest BCUT2D eigenvalue weighted by atomic mass is 32.2. The summed E-state index contributed by atoms with van der Waals surface area (Å²) < 4.78 is 0. The molecule has 2 N–H and O–H groups in total. The summed E-state index contributed by atoms with van der Waals surface area (Å²) in [5, 5.41) is 3.73. The maximum absolute atomic E-state index is 12.2. The molecule has 0 saturated heterocycles. The minimum Gasteiger partial charge on any atom is -0.353 e. The molecule has 2 aromatic heterocycles. The van der Waals surface area contributed by atoms with Crippen LogP contribution in [-0.4, -0.2) is 27.7 Å². The van der Waals surface area contributed by atoms with Crippen molar-refractivity contribution < 1.29 is 4.79 Å². The molecule has 5 nitrogen and oxygen atoms in total. The number of amides is 1. The van der Waals surface area contributed by atoms with E-state index in [9.17, 15) is 9.59 Å². The quantitative estimate of drug-likeness (QED) is 0.668. The monoisotopic (exact) mass is 395 g/mol. The first-order valence-corrected chi connectivity index (χ1v) is 11.1. The third-order valence-corrected chi connectivity index (χ3v) is 6.43. The Morgan fingerprint density at radius 1 is 1.27 bits per heavy atom. The van der Waals surface area contributed by atoms with Gasteiger partial charge in [0.25, 0.3) is 5.56 Å². The summed E-state index contributed by atoms with van der Waals surface area (Å²) in [5.41, 5.74) is 0.916. The van der Waals surface area contributed by atoms with Crippen LogP contribution in [0.5, 0.6) is 0 Å². The lowest BCUT2D eigenvalue weighted by Gasteiger charge is -2.14. The van der Waals surface area contributed by atoms with Crippen LogP contribution in [0, 0.1) is 19.8 Å². The lowest BCUT2D eigenvalue weighted by Crippen LogP contribution is -2.33. The van der Waals surface area contributed by atoms with Crippen molar-refractivity contribution >= 4 is 39.2 Å². The normalized spacial score (nSPS) is 12.7. The third-order valence-electron chi connectivity index (χ3n) is 4.39. The molecule has 144 valence electrons. The highest BCUT2D eigenvalue weighted by molar-refractivity contribution is 7.99. The molecule has 7 heteroatoms. The van der Waals surface area contributed by atoms with Crippen molar-refractivity contribution in [2.24, 2.45) is 5.92 Å². The smallest absolute Gasteiger partial charge is 0.259 e. The summed E-state index contributed by atoms with van der Waals surface area (Å²) in [4.78, 5) is 33.6. The second-order valence-electron chi connectivity index (χ2n) is 7.26. The predicted molar refractivity (Wildman–Crippen MR) is 112 cm³/mol. The van der Waals surface area contributed by atoms with Crippen LogP contribution in [0.15, 0.2) is 4.79 Å². The molecule has 0 unspecified atom stereocenters. The number of thiophene rings is 1. The van der Waals surface area contributed by atoms with E-state index in [0.717, 1.165) is 28.1 Å². The molecule has 2 aromatic rings. The van der Waals surface area contributed by atoms with Gasteiger partial charge >= 0.3 is 0 Å². The number of aromatic nitrogens is 2. The van der Waals surface area contributed by atoms with Gasteiger partial charge in [0, 0.05) is 10.9 Å². The van der Waals surface area contributed by atoms with E-state index in [-0.39, 0.29) is 17.5 Å². The van der Waals surface area contributed by atoms with Gasteiger partial charge in [-0.25, -0.2) is 4.98 Å². The van der Waals surface area contributed by atoms with E-state index in [4.69, 9.17) is 0 Å². The molecule has 0 aliphatic heterocycles. The molecule has 2 rings (SSSR count). The van der Waals surface area contributed by atoms with Gasteiger partial charge in [0.05, 0.1) is 16.9 Å². The fourth-order valence-electron chi connectivity index (χ4n) is 2.83. The van der Waals surface area contributed by atoms with Crippen molar-refractivity contribution in [2.45, 2.75) is 65.7 Å². The van der Waals surface area contributed by atoms with E-state index in [1.165, 1.54) is 18.2 Å². The van der Waals surface area contributed by atoms with Crippen molar-refractivity contribution in [1.29, 1.82) is 0 Å². The molecule has 0 aromatic carbocycles. The number of H-pyrrole nitrogens is 1. The molecule has 0 saturated carbocycles. The average molecular weight is 396 g/mol. The number of rotatable bonds is 9. The van der Waals surface area contributed by atoms with Gasteiger partial charge in [-0.1, -0.05) is 26.7 Å². The number of hydrogen-bond donors (Lipinski definition) is 2. The van der Waals surface area contributed by atoms with E-state index in [1.54, 1.807) is 11.3 Å². The van der Waals surface area contributed by atoms with Crippen LogP contribution in [-0.2, 0) is 10.5 Å². The Labute approximate surface area is 163 Å². The molecule has 26 heavy (non-hydrogen) atoms. The molecular weight excluding hydrogens is 366 g/mol. The Bertz CT molecular complexity index is 811. The van der Waals surface area contributed by atoms with Gasteiger partial charge in [-0.2, -0.15) is 0 Å². The van der Waals surface area contributed by atoms with Gasteiger partial charge < -0.3 is 10.3 Å². The number of carbonyl (C=O) groups is 1. The summed E-state index contributed by atoms with van der Waals surface area (Å²) in [5.74, 6) is 2.27. The largest absolute Gasteiger partial charge is 0.353 e. The fraction of sp³-hybridized carbons (Fsp3) is 0.632. The lowest BCUT2D eigenvalue weighted by atomic mass is 10.0. The molecule has 2 heterocycles. The topological polar surface area (TPSA) is 74.8 Å². The van der Waals surface area contributed by atoms with E-state index < -0.39 is 0 Å². The number of carbonyl (C=O) groups excluding carboxylic acids is 1. The lowest BCUT2D eigenvalue weighted by molar-refractivity contribution is -0.119. The standard InChI is InChI=1S/C19H29N3O2S2/c1-11(2)7-6-8-12(3)20-16(23)10-25-9-15-21-18(24)17-13(4)14(5)26-19(17)22-15/h11-12H,6-10H2,1-5H3,(H,20,23)(H,21,22,24)/t12-/m0/s1. The Balaban J connectivity index is 1.81. The highest BCUT2D eigenvalue weighted by Crippen LogP contribution is 2.26. The van der Waals surface area contributed by atoms with Gasteiger partial charge in [0.1, 0.15) is 10.7 Å². The van der Waals surface area contributed by atoms with Crippen molar-refractivity contribution in [1.82, 2.24) is 15.3 Å². The summed E-state index contributed by atoms with van der Waals surface area (Å²) in [6.45, 7) is 10.4. The zero-order valence-corrected chi connectivity index (χ0v) is 17.9. The van der Waals surface area contributed by atoms with Gasteiger partial charge in [-0.15, -0.1) is 23.1 Å². The summed E-state index contributed by atoms with van der Waals surface area (Å²) >= 11 is 3.02. The Hall–Kier alpha value is -1.34. The summed E-state index contributed by atoms with van der Waals surface area (Å²) in [7, 11) is 0. The van der Waals surface area contributed by atoms with Crippen LogP contribution in [0.1, 0.15) is 56.3 Å². The fourth-order valence-corrected chi connectivity index (χ4v) is 4.58. The average Bonchev–Trinajstić information content (AvgIpc) is 2.81. The van der Waals surface area contributed by atoms with E-state index in [1.807, 2.05) is 13.8 Å². The van der Waals surface area contributed by atoms with Crippen LogP contribution < -0.4 is 10.9 Å². The minimum atomic E-state index is -0.0873. The molecule has 1 atom stereocenters. The number of nitrogens with one attached hydrogen (secondary N) is 2. The van der Waals surface area contributed by atoms with Crippen LogP contribution in [0.25, 0.3) is 10.2 Å². The zero-order chi connectivity index (χ0) is 19.3. The minimum absolute atomic E-state index is 0.0401. The summed E-state index contributed by atoms with van der Waals surface area (Å²) in [6.07, 6.45) is 3.34. The van der Waals surface area contributed by atoms with Gasteiger partial charge in [-0.05, 0) is 38.7 Å². The molecule has 1 amide bonds. The maximum Gasteiger partial charge on any atom is 0.259 e. The van der Waals surface area contributed by atoms with Crippen LogP contribution >= 0.6 is 23.1 Å². The Morgan fingerprint density at radius 2 is 2.00 bits per heavy atom. The number of aromatic amines is 1. The predicted octanol–water partition coefficient (Wildman–Crippen LogP) is 4.17. The zero-order valence-electron chi connectivity index (χ0n) is 16.3. The molecule has 0 bridgehead atoms. The SMILES string of the molecule is Cc1sc2nc(CSCC(=O)N[C@@H](C)CCCC(C)C)[nH]c(=O)c2c1C. The van der Waals surface area contributed by atoms with E-state index in [2.05, 4.69) is 36.1 Å². The highest BCUT2D eigenvalue weighted by Gasteiger charge is 2.13. The molecule has 0 aliphatic rings. The maximum atomic E-state index is 12.2. The molecule has 0 spiro atoms. The van der Waals surface area contributed by atoms with E-state index in [0.29, 0.717) is 28.6 Å². The second-order valence-corrected chi connectivity index (χ2v) is 9.45. The van der Waals surface area contributed by atoms with Crippen molar-refractivity contribution in [3.8, 4) is 0 Å². The Kier molecular flexibility index (Phi) is 7.70. The first-order valence-electron chi connectivity index (χ1n) is 9.14. The van der Waals surface area contributed by atoms with Crippen molar-refractivity contribution in [2.75, 3.05) is 5.75 Å². The van der Waals surface area contributed by atoms with Crippen molar-refractivity contribution in [3.05, 3.63) is 26.6 Å². The third kappa shape index (κ3) is 5.84. The first-order chi connectivity index (χ1) is 12.3. The molecular formula is C19H29N3O2S2. The van der Waals surface area contributed by atoms with Crippen LogP contribution in [0.2, 0.25) is 0 Å². The number of hydrogen-bond acceptors (Lipinski definition) is 5. The van der Waals surface area contributed by atoms with Crippen molar-refractivity contribution in [3.63, 3.8) is 0 Å².